The van der Waals surface area contributed by atoms with Crippen molar-refractivity contribution >= 4 is 5.78 Å². The summed E-state index contributed by atoms with van der Waals surface area (Å²) in [6, 6.07) is 10.2. The topological polar surface area (TPSA) is 17.1 Å². The Labute approximate surface area is 105 Å². The van der Waals surface area contributed by atoms with Gasteiger partial charge in [-0.2, -0.15) is 0 Å². The first-order chi connectivity index (χ1) is 8.33. The van der Waals surface area contributed by atoms with Gasteiger partial charge in [0.2, 0.25) is 0 Å². The predicted octanol–water partition coefficient (Wildman–Crippen LogP) is 4.32. The zero-order chi connectivity index (χ0) is 12.3. The molecule has 0 fully saturated rings. The Bertz CT molecular complexity index is 327. The van der Waals surface area contributed by atoms with Gasteiger partial charge < -0.3 is 0 Å². The van der Waals surface area contributed by atoms with Crippen molar-refractivity contribution in [2.24, 2.45) is 0 Å². The first-order valence-corrected chi connectivity index (χ1v) is 6.49. The Morgan fingerprint density at radius 2 is 1.82 bits per heavy atom. The molecule has 0 atom stereocenters. The summed E-state index contributed by atoms with van der Waals surface area (Å²) in [5, 5.41) is 0. The third-order valence-electron chi connectivity index (χ3n) is 2.90. The molecule has 0 N–H and O–H groups in total. The van der Waals surface area contributed by atoms with E-state index < -0.39 is 0 Å². The summed E-state index contributed by atoms with van der Waals surface area (Å²) in [4.78, 5) is 11.6. The van der Waals surface area contributed by atoms with Gasteiger partial charge in [-0.15, -0.1) is 6.58 Å². The molecule has 0 heterocycles. The first kappa shape index (κ1) is 13.7. The number of carbonyl (C=O) groups excluding carboxylic acids is 1. The molecule has 0 aliphatic carbocycles. The van der Waals surface area contributed by atoms with Gasteiger partial charge in [-0.25, -0.2) is 0 Å². The van der Waals surface area contributed by atoms with Gasteiger partial charge in [-0.1, -0.05) is 42.8 Å². The fourth-order valence-electron chi connectivity index (χ4n) is 1.84. The molecule has 1 aromatic rings. The predicted molar refractivity (Wildman–Crippen MR) is 73.1 cm³/mol. The molecule has 0 spiro atoms. The summed E-state index contributed by atoms with van der Waals surface area (Å²) in [7, 11) is 0. The highest BCUT2D eigenvalue weighted by atomic mass is 16.1. The highest BCUT2D eigenvalue weighted by Crippen LogP contribution is 2.08. The van der Waals surface area contributed by atoms with Gasteiger partial charge in [0.05, 0.1) is 0 Å². The van der Waals surface area contributed by atoms with Gasteiger partial charge in [-0.05, 0) is 31.2 Å². The highest BCUT2D eigenvalue weighted by Gasteiger charge is 2.02. The van der Waals surface area contributed by atoms with Gasteiger partial charge >= 0.3 is 0 Å². The number of benzene rings is 1. The lowest BCUT2D eigenvalue weighted by Gasteiger charge is -2.01. The fourth-order valence-corrected chi connectivity index (χ4v) is 1.84. The molecule has 0 saturated carbocycles. The normalized spacial score (nSPS) is 10.1. The minimum atomic E-state index is 0.396. The molecule has 0 unspecified atom stereocenters. The van der Waals surface area contributed by atoms with Crippen molar-refractivity contribution in [1.82, 2.24) is 0 Å². The Balaban J connectivity index is 2.07. The van der Waals surface area contributed by atoms with E-state index >= 15 is 0 Å². The lowest BCUT2D eigenvalue weighted by Crippen LogP contribution is -2.00. The largest absolute Gasteiger partial charge is 0.300 e. The number of aryl methyl sites for hydroxylation is 1. The molecule has 1 aromatic carbocycles. The number of allylic oxidation sites excluding steroid dienone is 1. The van der Waals surface area contributed by atoms with E-state index in [1.54, 1.807) is 0 Å². The van der Waals surface area contributed by atoms with Crippen LogP contribution in [0.3, 0.4) is 0 Å². The van der Waals surface area contributed by atoms with E-state index in [1.807, 2.05) is 24.3 Å². The SMILES string of the molecule is C=CCCCCCC(=O)CCc1ccccc1. The average molecular weight is 230 g/mol. The number of unbranched alkanes of at least 4 members (excludes halogenated alkanes) is 3. The summed E-state index contributed by atoms with van der Waals surface area (Å²) < 4.78 is 0. The van der Waals surface area contributed by atoms with Crippen LogP contribution in [0.5, 0.6) is 0 Å². The summed E-state index contributed by atoms with van der Waals surface area (Å²) in [6.07, 6.45) is 8.65. The molecule has 0 aliphatic heterocycles. The lowest BCUT2D eigenvalue weighted by atomic mass is 10.0. The molecule has 0 bridgehead atoms. The zero-order valence-corrected chi connectivity index (χ0v) is 10.5. The van der Waals surface area contributed by atoms with Crippen LogP contribution in [0.1, 0.15) is 44.1 Å². The molecule has 0 aromatic heterocycles. The Morgan fingerprint density at radius 1 is 1.06 bits per heavy atom. The van der Waals surface area contributed by atoms with E-state index in [1.165, 1.54) is 5.56 Å². The van der Waals surface area contributed by atoms with Gasteiger partial charge in [0.15, 0.2) is 0 Å². The molecule has 0 radical (unpaired) electrons. The van der Waals surface area contributed by atoms with Gasteiger partial charge in [0.1, 0.15) is 5.78 Å². The van der Waals surface area contributed by atoms with Gasteiger partial charge in [0, 0.05) is 12.8 Å². The maximum Gasteiger partial charge on any atom is 0.133 e. The van der Waals surface area contributed by atoms with Crippen LogP contribution in [-0.4, -0.2) is 5.78 Å². The van der Waals surface area contributed by atoms with E-state index in [9.17, 15) is 4.79 Å². The summed E-state index contributed by atoms with van der Waals surface area (Å²) in [6.45, 7) is 3.69. The van der Waals surface area contributed by atoms with Crippen LogP contribution in [0.4, 0.5) is 0 Å². The van der Waals surface area contributed by atoms with Crippen molar-refractivity contribution in [1.29, 1.82) is 0 Å². The maximum absolute atomic E-state index is 11.6. The molecular weight excluding hydrogens is 208 g/mol. The first-order valence-electron chi connectivity index (χ1n) is 6.49. The van der Waals surface area contributed by atoms with Crippen LogP contribution in [-0.2, 0) is 11.2 Å². The quantitative estimate of drug-likeness (QED) is 0.456. The van der Waals surface area contributed by atoms with E-state index in [2.05, 4.69) is 18.7 Å². The zero-order valence-electron chi connectivity index (χ0n) is 10.5. The van der Waals surface area contributed by atoms with Crippen molar-refractivity contribution in [2.45, 2.75) is 44.9 Å². The summed E-state index contributed by atoms with van der Waals surface area (Å²) >= 11 is 0. The molecule has 1 heteroatoms. The van der Waals surface area contributed by atoms with Gasteiger partial charge in [0.25, 0.3) is 0 Å². The number of carbonyl (C=O) groups is 1. The van der Waals surface area contributed by atoms with E-state index in [4.69, 9.17) is 0 Å². The van der Waals surface area contributed by atoms with Crippen LogP contribution in [0.15, 0.2) is 43.0 Å². The van der Waals surface area contributed by atoms with Crippen molar-refractivity contribution in [3.8, 4) is 0 Å². The molecule has 92 valence electrons. The van der Waals surface area contributed by atoms with Crippen LogP contribution in [0, 0.1) is 0 Å². The van der Waals surface area contributed by atoms with Crippen molar-refractivity contribution in [2.75, 3.05) is 0 Å². The van der Waals surface area contributed by atoms with Crippen molar-refractivity contribution in [3.05, 3.63) is 48.6 Å². The Hall–Kier alpha value is -1.37. The Morgan fingerprint density at radius 3 is 2.53 bits per heavy atom. The standard InChI is InChI=1S/C16H22O/c1-2-3-4-5-9-12-16(17)14-13-15-10-7-6-8-11-15/h2,6-8,10-11H,1,3-5,9,12-14H2. The van der Waals surface area contributed by atoms with Crippen LogP contribution >= 0.6 is 0 Å². The third kappa shape index (κ3) is 6.72. The second kappa shape index (κ2) is 8.74. The van der Waals surface area contributed by atoms with Crippen molar-refractivity contribution < 1.29 is 4.79 Å². The van der Waals surface area contributed by atoms with Crippen LogP contribution in [0.25, 0.3) is 0 Å². The molecule has 17 heavy (non-hydrogen) atoms. The summed E-state index contributed by atoms with van der Waals surface area (Å²) in [5.41, 5.74) is 1.26. The maximum atomic E-state index is 11.6. The minimum Gasteiger partial charge on any atom is -0.300 e. The van der Waals surface area contributed by atoms with Gasteiger partial charge in [-0.3, -0.25) is 4.79 Å². The number of hydrogen-bond acceptors (Lipinski definition) is 1. The minimum absolute atomic E-state index is 0.396. The van der Waals surface area contributed by atoms with Crippen LogP contribution < -0.4 is 0 Å². The third-order valence-corrected chi connectivity index (χ3v) is 2.90. The summed E-state index contributed by atoms with van der Waals surface area (Å²) in [5.74, 6) is 0.396. The molecule has 1 nitrogen and oxygen atoms in total. The number of Topliss-reactive ketones (excluding diaryl/α,β-unsaturated/α-hetero) is 1. The average Bonchev–Trinajstić information content (AvgIpc) is 2.37. The number of hydrogen-bond donors (Lipinski definition) is 0. The van der Waals surface area contributed by atoms with E-state index in [-0.39, 0.29) is 0 Å². The monoisotopic (exact) mass is 230 g/mol. The molecule has 1 rings (SSSR count). The number of rotatable bonds is 9. The molecule has 0 amide bonds. The van der Waals surface area contributed by atoms with E-state index in [0.29, 0.717) is 12.2 Å². The second-order valence-corrected chi connectivity index (χ2v) is 4.41. The second-order valence-electron chi connectivity index (χ2n) is 4.41. The molecule has 0 saturated heterocycles. The van der Waals surface area contributed by atoms with E-state index in [0.717, 1.165) is 38.5 Å². The smallest absolute Gasteiger partial charge is 0.133 e. The Kier molecular flexibility index (Phi) is 7.04. The van der Waals surface area contributed by atoms with Crippen molar-refractivity contribution in [3.63, 3.8) is 0 Å². The fraction of sp³-hybridized carbons (Fsp3) is 0.438. The number of ketones is 1. The lowest BCUT2D eigenvalue weighted by molar-refractivity contribution is -0.119. The molecule has 0 aliphatic rings. The molecular formula is C16H22O. The highest BCUT2D eigenvalue weighted by molar-refractivity contribution is 5.78. The van der Waals surface area contributed by atoms with Crippen LogP contribution in [0.2, 0.25) is 0 Å².